The Hall–Kier alpha value is -3.75. The minimum Gasteiger partial charge on any atom is -0.491 e. The Labute approximate surface area is 172 Å². The summed E-state index contributed by atoms with van der Waals surface area (Å²) in [7, 11) is 0. The number of rotatable bonds is 4. The number of benzene rings is 1. The molecule has 9 heteroatoms. The molecule has 1 aliphatic heterocycles. The predicted octanol–water partition coefficient (Wildman–Crippen LogP) is 3.11. The van der Waals surface area contributed by atoms with Crippen LogP contribution in [0.2, 0.25) is 0 Å². The zero-order valence-electron chi connectivity index (χ0n) is 16.9. The number of amides is 1. The lowest BCUT2D eigenvalue weighted by atomic mass is 9.86. The van der Waals surface area contributed by atoms with Crippen LogP contribution in [-0.2, 0) is 4.79 Å². The van der Waals surface area contributed by atoms with E-state index < -0.39 is 0 Å². The number of aromatic amines is 1. The number of nitrogens with zero attached hydrogens (tertiary/aromatic N) is 5. The highest BCUT2D eigenvalue weighted by Gasteiger charge is 2.33. The Morgan fingerprint density at radius 1 is 1.17 bits per heavy atom. The molecule has 0 spiro atoms. The first-order valence-electron chi connectivity index (χ1n) is 9.81. The van der Waals surface area contributed by atoms with Gasteiger partial charge in [0.05, 0.1) is 18.1 Å². The topological polar surface area (TPSA) is 111 Å². The minimum atomic E-state index is -0.102. The number of anilines is 1. The van der Waals surface area contributed by atoms with Crippen LogP contribution in [0.4, 0.5) is 5.82 Å². The van der Waals surface area contributed by atoms with Gasteiger partial charge in [0.2, 0.25) is 5.91 Å². The molecule has 0 saturated carbocycles. The molecule has 0 saturated heterocycles. The van der Waals surface area contributed by atoms with Gasteiger partial charge in [-0.25, -0.2) is 15.0 Å². The van der Waals surface area contributed by atoms with Crippen molar-refractivity contribution >= 4 is 22.9 Å². The van der Waals surface area contributed by atoms with Crippen molar-refractivity contribution in [3.63, 3.8) is 0 Å². The number of nitrogens with one attached hydrogen (secondary N) is 2. The van der Waals surface area contributed by atoms with Crippen molar-refractivity contribution in [2.45, 2.75) is 39.2 Å². The van der Waals surface area contributed by atoms with Crippen molar-refractivity contribution in [1.29, 1.82) is 0 Å². The Bertz CT molecular complexity index is 1240. The summed E-state index contributed by atoms with van der Waals surface area (Å²) < 4.78 is 7.41. The third-order valence-electron chi connectivity index (χ3n) is 5.16. The van der Waals surface area contributed by atoms with Crippen molar-refractivity contribution in [1.82, 2.24) is 29.7 Å². The van der Waals surface area contributed by atoms with Crippen LogP contribution in [0.1, 0.15) is 43.0 Å². The molecular formula is C21H21N7O2. The van der Waals surface area contributed by atoms with E-state index in [0.717, 1.165) is 22.6 Å². The second kappa shape index (κ2) is 6.94. The minimum absolute atomic E-state index is 0.0638. The molecule has 30 heavy (non-hydrogen) atoms. The highest BCUT2D eigenvalue weighted by atomic mass is 16.5. The van der Waals surface area contributed by atoms with Crippen LogP contribution in [0, 0.1) is 6.92 Å². The first-order chi connectivity index (χ1) is 14.5. The van der Waals surface area contributed by atoms with Crippen LogP contribution in [0.25, 0.3) is 17.0 Å². The maximum absolute atomic E-state index is 12.6. The monoisotopic (exact) mass is 403 g/mol. The van der Waals surface area contributed by atoms with E-state index in [-0.39, 0.29) is 17.9 Å². The predicted molar refractivity (Wildman–Crippen MR) is 111 cm³/mol. The molecule has 4 aromatic rings. The van der Waals surface area contributed by atoms with Gasteiger partial charge in [-0.15, -0.1) is 0 Å². The Balaban J connectivity index is 1.61. The smallest absolute Gasteiger partial charge is 0.226 e. The Morgan fingerprint density at radius 3 is 2.73 bits per heavy atom. The summed E-state index contributed by atoms with van der Waals surface area (Å²) in [6.45, 7) is 5.93. The number of hydrogen-bond donors (Lipinski definition) is 2. The number of imidazole rings is 1. The normalized spacial score (nSPS) is 16.0. The quantitative estimate of drug-likeness (QED) is 0.542. The Morgan fingerprint density at radius 2 is 1.97 bits per heavy atom. The molecule has 3 aromatic heterocycles. The summed E-state index contributed by atoms with van der Waals surface area (Å²) in [4.78, 5) is 28.4. The van der Waals surface area contributed by atoms with Gasteiger partial charge in [0.15, 0.2) is 11.5 Å². The number of carbonyl (C=O) groups excluding carboxylic acids is 1. The zero-order chi connectivity index (χ0) is 20.8. The molecule has 1 aromatic carbocycles. The fourth-order valence-electron chi connectivity index (χ4n) is 3.95. The molecule has 1 unspecified atom stereocenters. The molecular weight excluding hydrogens is 382 g/mol. The standard InChI is InChI=1S/C21H21N7O2/c1-11(2)30-14-6-4-13(5-7-14)15-8-16(29)26-20-17(15)12(3)27-28(20)21-18-19(23-9-22-18)24-10-25-21/h4-7,9-11,15H,8H2,1-3H3,(H,26,29)(H,22,23,24,25). The maximum atomic E-state index is 12.6. The summed E-state index contributed by atoms with van der Waals surface area (Å²) in [5, 5.41) is 7.68. The first-order valence-corrected chi connectivity index (χ1v) is 9.81. The fourth-order valence-corrected chi connectivity index (χ4v) is 3.95. The number of hydrogen-bond acceptors (Lipinski definition) is 6. The largest absolute Gasteiger partial charge is 0.491 e. The molecule has 4 heterocycles. The van der Waals surface area contributed by atoms with Crippen molar-refractivity contribution in [3.8, 4) is 11.6 Å². The lowest BCUT2D eigenvalue weighted by Gasteiger charge is -2.24. The van der Waals surface area contributed by atoms with Crippen LogP contribution in [0.3, 0.4) is 0 Å². The third kappa shape index (κ3) is 2.99. The van der Waals surface area contributed by atoms with Gasteiger partial charge in [-0.1, -0.05) is 12.1 Å². The highest BCUT2D eigenvalue weighted by molar-refractivity contribution is 5.95. The van der Waals surface area contributed by atoms with E-state index in [1.54, 1.807) is 11.0 Å². The van der Waals surface area contributed by atoms with Gasteiger partial charge in [0.25, 0.3) is 0 Å². The average Bonchev–Trinajstić information content (AvgIpc) is 3.32. The number of aromatic nitrogens is 6. The molecule has 1 amide bonds. The van der Waals surface area contributed by atoms with Gasteiger partial charge in [0, 0.05) is 17.9 Å². The van der Waals surface area contributed by atoms with Gasteiger partial charge in [-0.3, -0.25) is 4.79 Å². The lowest BCUT2D eigenvalue weighted by molar-refractivity contribution is -0.116. The fraction of sp³-hybridized carbons (Fsp3) is 0.286. The molecule has 0 aliphatic carbocycles. The molecule has 2 N–H and O–H groups in total. The maximum Gasteiger partial charge on any atom is 0.226 e. The summed E-state index contributed by atoms with van der Waals surface area (Å²) in [6, 6.07) is 7.91. The van der Waals surface area contributed by atoms with Crippen LogP contribution in [0.15, 0.2) is 36.9 Å². The van der Waals surface area contributed by atoms with E-state index in [1.807, 2.05) is 45.0 Å². The van der Waals surface area contributed by atoms with Crippen LogP contribution in [0.5, 0.6) is 5.75 Å². The summed E-state index contributed by atoms with van der Waals surface area (Å²) in [6.07, 6.45) is 3.47. The second-order valence-corrected chi connectivity index (χ2v) is 7.60. The highest BCUT2D eigenvalue weighted by Crippen LogP contribution is 2.40. The molecule has 1 atom stereocenters. The van der Waals surface area contributed by atoms with Crippen molar-refractivity contribution < 1.29 is 9.53 Å². The second-order valence-electron chi connectivity index (χ2n) is 7.60. The molecule has 5 rings (SSSR count). The molecule has 9 nitrogen and oxygen atoms in total. The van der Waals surface area contributed by atoms with E-state index >= 15 is 0 Å². The number of ether oxygens (including phenoxy) is 1. The van der Waals surface area contributed by atoms with E-state index in [2.05, 4.69) is 25.3 Å². The number of aryl methyl sites for hydroxylation is 1. The van der Waals surface area contributed by atoms with Crippen LogP contribution in [-0.4, -0.2) is 41.7 Å². The van der Waals surface area contributed by atoms with Gasteiger partial charge in [0.1, 0.15) is 23.4 Å². The molecule has 0 bridgehead atoms. The first kappa shape index (κ1) is 18.3. The molecule has 152 valence electrons. The third-order valence-corrected chi connectivity index (χ3v) is 5.16. The Kier molecular flexibility index (Phi) is 4.23. The van der Waals surface area contributed by atoms with Gasteiger partial charge in [-0.05, 0) is 38.5 Å². The van der Waals surface area contributed by atoms with Crippen molar-refractivity contribution in [2.24, 2.45) is 0 Å². The van der Waals surface area contributed by atoms with Gasteiger partial charge < -0.3 is 15.0 Å². The average molecular weight is 403 g/mol. The van der Waals surface area contributed by atoms with Crippen LogP contribution >= 0.6 is 0 Å². The van der Waals surface area contributed by atoms with Gasteiger partial charge >= 0.3 is 0 Å². The van der Waals surface area contributed by atoms with Crippen molar-refractivity contribution in [2.75, 3.05) is 5.32 Å². The molecule has 0 radical (unpaired) electrons. The van der Waals surface area contributed by atoms with E-state index in [9.17, 15) is 4.79 Å². The van der Waals surface area contributed by atoms with E-state index in [1.165, 1.54) is 6.33 Å². The van der Waals surface area contributed by atoms with E-state index in [4.69, 9.17) is 9.84 Å². The molecule has 0 fully saturated rings. The van der Waals surface area contributed by atoms with Crippen molar-refractivity contribution in [3.05, 3.63) is 53.7 Å². The number of fused-ring (bicyclic) bond motifs is 2. The summed E-state index contributed by atoms with van der Waals surface area (Å²) in [5.74, 6) is 1.82. The zero-order valence-corrected chi connectivity index (χ0v) is 16.9. The van der Waals surface area contributed by atoms with Gasteiger partial charge in [-0.2, -0.15) is 9.78 Å². The van der Waals surface area contributed by atoms with E-state index in [0.29, 0.717) is 29.2 Å². The number of carbonyl (C=O) groups is 1. The SMILES string of the molecule is Cc1nn(-c2ncnc3nc[nH]c23)c2c1C(c1ccc(OC(C)C)cc1)CC(=O)N2. The van der Waals surface area contributed by atoms with Crippen LogP contribution < -0.4 is 10.1 Å². The molecule has 1 aliphatic rings. The summed E-state index contributed by atoms with van der Waals surface area (Å²) in [5.41, 5.74) is 4.07. The lowest BCUT2D eigenvalue weighted by Crippen LogP contribution is -2.25. The number of H-pyrrole nitrogens is 1. The summed E-state index contributed by atoms with van der Waals surface area (Å²) >= 11 is 0.